The van der Waals surface area contributed by atoms with E-state index in [1.165, 1.54) is 22.3 Å². The van der Waals surface area contributed by atoms with Crippen LogP contribution in [0.3, 0.4) is 0 Å². The van der Waals surface area contributed by atoms with E-state index in [0.29, 0.717) is 0 Å². The van der Waals surface area contributed by atoms with Crippen molar-refractivity contribution >= 4 is 11.3 Å². The Labute approximate surface area is 146 Å². The Balaban J connectivity index is 2.07. The molecule has 0 saturated heterocycles. The van der Waals surface area contributed by atoms with Gasteiger partial charge < -0.3 is 5.32 Å². The van der Waals surface area contributed by atoms with Crippen molar-refractivity contribution in [1.29, 1.82) is 0 Å². The quantitative estimate of drug-likeness (QED) is 0.677. The molecule has 2 aromatic carbocycles. The zero-order chi connectivity index (χ0) is 17.7. The van der Waals surface area contributed by atoms with E-state index in [4.69, 9.17) is 0 Å². The normalized spacial score (nSPS) is 12.6. The van der Waals surface area contributed by atoms with Gasteiger partial charge in [0, 0.05) is 17.3 Å². The molecule has 0 aliphatic heterocycles. The molecule has 2 aromatic rings. The Morgan fingerprint density at radius 2 is 1.62 bits per heavy atom. The fourth-order valence-electron chi connectivity index (χ4n) is 2.58. The minimum Gasteiger partial charge on any atom is -0.359 e. The van der Waals surface area contributed by atoms with Crippen LogP contribution in [-0.4, -0.2) is 0 Å². The van der Waals surface area contributed by atoms with Gasteiger partial charge in [0.05, 0.1) is 0 Å². The summed E-state index contributed by atoms with van der Waals surface area (Å²) in [5, 5.41) is 3.34. The van der Waals surface area contributed by atoms with E-state index in [0.717, 1.165) is 17.0 Å². The van der Waals surface area contributed by atoms with Crippen molar-refractivity contribution in [3.63, 3.8) is 0 Å². The van der Waals surface area contributed by atoms with Crippen molar-refractivity contribution in [2.75, 3.05) is 0 Å². The van der Waals surface area contributed by atoms with E-state index < -0.39 is 0 Å². The molecular formula is C23H27N. The van der Waals surface area contributed by atoms with E-state index >= 15 is 0 Å². The molecule has 124 valence electrons. The topological polar surface area (TPSA) is 12.0 Å². The second kappa shape index (κ2) is 7.83. The molecule has 0 spiro atoms. The number of allylic oxidation sites excluding steroid dienone is 2. The SMILES string of the molecule is C=C(NC(=C)C(C)/C=C(\C)c1ccc(C)c(C)c1)c1ccccc1. The maximum atomic E-state index is 4.18. The van der Waals surface area contributed by atoms with Gasteiger partial charge in [-0.2, -0.15) is 0 Å². The predicted molar refractivity (Wildman–Crippen MR) is 106 cm³/mol. The van der Waals surface area contributed by atoms with Crippen LogP contribution >= 0.6 is 0 Å². The lowest BCUT2D eigenvalue weighted by molar-refractivity contribution is 0.802. The van der Waals surface area contributed by atoms with E-state index in [-0.39, 0.29) is 5.92 Å². The number of hydrogen-bond donors (Lipinski definition) is 1. The first-order valence-electron chi connectivity index (χ1n) is 8.34. The van der Waals surface area contributed by atoms with Gasteiger partial charge in [-0.3, -0.25) is 0 Å². The Kier molecular flexibility index (Phi) is 5.81. The molecule has 0 aromatic heterocycles. The lowest BCUT2D eigenvalue weighted by atomic mass is 9.97. The summed E-state index contributed by atoms with van der Waals surface area (Å²) >= 11 is 0. The van der Waals surface area contributed by atoms with E-state index in [1.54, 1.807) is 0 Å². The lowest BCUT2D eigenvalue weighted by Gasteiger charge is -2.17. The molecule has 24 heavy (non-hydrogen) atoms. The van der Waals surface area contributed by atoms with Crippen molar-refractivity contribution in [3.05, 3.63) is 95.7 Å². The summed E-state index contributed by atoms with van der Waals surface area (Å²) in [5.41, 5.74) is 8.09. The first-order valence-corrected chi connectivity index (χ1v) is 8.34. The second-order valence-electron chi connectivity index (χ2n) is 6.43. The molecule has 1 atom stereocenters. The molecule has 1 unspecified atom stereocenters. The van der Waals surface area contributed by atoms with Gasteiger partial charge in [0.1, 0.15) is 0 Å². The van der Waals surface area contributed by atoms with Gasteiger partial charge in [0.25, 0.3) is 0 Å². The molecule has 2 rings (SSSR count). The summed E-state index contributed by atoms with van der Waals surface area (Å²) in [6, 6.07) is 16.7. The van der Waals surface area contributed by atoms with Crippen LogP contribution in [0.25, 0.3) is 11.3 Å². The number of hydrogen-bond acceptors (Lipinski definition) is 1. The first kappa shape index (κ1) is 17.8. The van der Waals surface area contributed by atoms with Crippen LogP contribution in [0.5, 0.6) is 0 Å². The van der Waals surface area contributed by atoms with Crippen molar-refractivity contribution in [2.45, 2.75) is 27.7 Å². The van der Waals surface area contributed by atoms with Crippen molar-refractivity contribution in [3.8, 4) is 0 Å². The second-order valence-corrected chi connectivity index (χ2v) is 6.43. The summed E-state index contributed by atoms with van der Waals surface area (Å²) < 4.78 is 0. The Bertz CT molecular complexity index is 766. The Hall–Kier alpha value is -2.54. The third kappa shape index (κ3) is 4.48. The van der Waals surface area contributed by atoms with E-state index in [2.05, 4.69) is 70.4 Å². The standard InChI is InChI=1S/C23H27N/c1-16-12-13-23(15-17(16)2)19(4)14-18(3)20(5)24-21(6)22-10-8-7-9-11-22/h7-15,18,24H,5-6H2,1-4H3/b19-14+. The average Bonchev–Trinajstić information content (AvgIpc) is 2.57. The molecular weight excluding hydrogens is 290 g/mol. The maximum absolute atomic E-state index is 4.18. The van der Waals surface area contributed by atoms with Crippen LogP contribution in [0, 0.1) is 19.8 Å². The molecule has 0 amide bonds. The van der Waals surface area contributed by atoms with Crippen LogP contribution < -0.4 is 5.32 Å². The van der Waals surface area contributed by atoms with Crippen LogP contribution in [0.4, 0.5) is 0 Å². The lowest BCUT2D eigenvalue weighted by Crippen LogP contribution is -2.15. The third-order valence-electron chi connectivity index (χ3n) is 4.45. The predicted octanol–water partition coefficient (Wildman–Crippen LogP) is 6.12. The van der Waals surface area contributed by atoms with Gasteiger partial charge in [-0.1, -0.05) is 74.7 Å². The number of rotatable bonds is 6. The fraction of sp³-hybridized carbons (Fsp3) is 0.217. The summed E-state index contributed by atoms with van der Waals surface area (Å²) in [7, 11) is 0. The van der Waals surface area contributed by atoms with Gasteiger partial charge in [-0.15, -0.1) is 0 Å². The minimum atomic E-state index is 0.215. The third-order valence-corrected chi connectivity index (χ3v) is 4.45. The largest absolute Gasteiger partial charge is 0.359 e. The number of benzene rings is 2. The molecule has 0 heterocycles. The van der Waals surface area contributed by atoms with Crippen molar-refractivity contribution in [2.24, 2.45) is 5.92 Å². The Morgan fingerprint density at radius 1 is 0.958 bits per heavy atom. The minimum absolute atomic E-state index is 0.215. The van der Waals surface area contributed by atoms with Crippen LogP contribution in [0.1, 0.15) is 36.1 Å². The summed E-state index contributed by atoms with van der Waals surface area (Å²) in [6.07, 6.45) is 2.25. The number of aryl methyl sites for hydroxylation is 2. The smallest absolute Gasteiger partial charge is 0.0382 e. The molecule has 1 nitrogen and oxygen atoms in total. The fourth-order valence-corrected chi connectivity index (χ4v) is 2.58. The highest BCUT2D eigenvalue weighted by atomic mass is 14.9. The van der Waals surface area contributed by atoms with Gasteiger partial charge in [-0.05, 0) is 48.6 Å². The molecule has 0 aliphatic rings. The zero-order valence-electron chi connectivity index (χ0n) is 15.2. The van der Waals surface area contributed by atoms with E-state index in [9.17, 15) is 0 Å². The van der Waals surface area contributed by atoms with Gasteiger partial charge in [0.2, 0.25) is 0 Å². The monoisotopic (exact) mass is 317 g/mol. The highest BCUT2D eigenvalue weighted by Crippen LogP contribution is 2.22. The number of nitrogens with one attached hydrogen (secondary N) is 1. The summed E-state index contributed by atoms with van der Waals surface area (Å²) in [4.78, 5) is 0. The van der Waals surface area contributed by atoms with Crippen molar-refractivity contribution in [1.82, 2.24) is 5.32 Å². The summed E-state index contributed by atoms with van der Waals surface area (Å²) in [5.74, 6) is 0.215. The highest BCUT2D eigenvalue weighted by molar-refractivity contribution is 5.66. The molecule has 0 radical (unpaired) electrons. The molecule has 0 bridgehead atoms. The zero-order valence-corrected chi connectivity index (χ0v) is 15.2. The highest BCUT2D eigenvalue weighted by Gasteiger charge is 2.07. The van der Waals surface area contributed by atoms with Gasteiger partial charge in [0.15, 0.2) is 0 Å². The summed E-state index contributed by atoms with van der Waals surface area (Å²) in [6.45, 7) is 16.9. The molecule has 0 aliphatic carbocycles. The van der Waals surface area contributed by atoms with Crippen molar-refractivity contribution < 1.29 is 0 Å². The Morgan fingerprint density at radius 3 is 2.25 bits per heavy atom. The van der Waals surface area contributed by atoms with Crippen LogP contribution in [0.15, 0.2) is 73.5 Å². The van der Waals surface area contributed by atoms with Gasteiger partial charge >= 0.3 is 0 Å². The van der Waals surface area contributed by atoms with Crippen LogP contribution in [-0.2, 0) is 0 Å². The van der Waals surface area contributed by atoms with Crippen LogP contribution in [0.2, 0.25) is 0 Å². The van der Waals surface area contributed by atoms with E-state index in [1.807, 2.05) is 30.3 Å². The maximum Gasteiger partial charge on any atom is 0.0382 e. The first-order chi connectivity index (χ1) is 11.4. The van der Waals surface area contributed by atoms with Gasteiger partial charge in [-0.25, -0.2) is 0 Å². The molecule has 0 fully saturated rings. The molecule has 1 heteroatoms. The molecule has 1 N–H and O–H groups in total. The molecule has 0 saturated carbocycles. The average molecular weight is 317 g/mol.